The highest BCUT2D eigenvalue weighted by Crippen LogP contribution is 2.18. The van der Waals surface area contributed by atoms with E-state index >= 15 is 0 Å². The van der Waals surface area contributed by atoms with Crippen LogP contribution in [0.3, 0.4) is 0 Å². The van der Waals surface area contributed by atoms with Crippen molar-refractivity contribution in [2.24, 2.45) is 5.73 Å². The van der Waals surface area contributed by atoms with Crippen LogP contribution in [-0.4, -0.2) is 15.6 Å². The first-order chi connectivity index (χ1) is 9.20. The van der Waals surface area contributed by atoms with Gasteiger partial charge in [0.1, 0.15) is 5.82 Å². The lowest BCUT2D eigenvalue weighted by Crippen LogP contribution is -2.27. The highest BCUT2D eigenvalue weighted by Gasteiger charge is 2.11. The van der Waals surface area contributed by atoms with Crippen LogP contribution in [0.5, 0.6) is 0 Å². The van der Waals surface area contributed by atoms with Gasteiger partial charge in [-0.25, -0.2) is 4.98 Å². The topological polar surface area (TPSA) is 43.8 Å². The molecule has 4 heteroatoms. The molecule has 0 aliphatic rings. The molecule has 0 aliphatic heterocycles. The van der Waals surface area contributed by atoms with Crippen LogP contribution in [0.2, 0.25) is 0 Å². The maximum Gasteiger partial charge on any atom is 0.110 e. The van der Waals surface area contributed by atoms with Crippen LogP contribution in [0.1, 0.15) is 24.7 Å². The van der Waals surface area contributed by atoms with E-state index in [4.69, 9.17) is 5.73 Å². The summed E-state index contributed by atoms with van der Waals surface area (Å²) in [5.74, 6) is 1.08. The average Bonchev–Trinajstić information content (AvgIpc) is 2.80. The molecule has 0 saturated heterocycles. The Labute approximate surface area is 123 Å². The van der Waals surface area contributed by atoms with Crippen LogP contribution in [0.15, 0.2) is 41.1 Å². The van der Waals surface area contributed by atoms with Gasteiger partial charge in [0.15, 0.2) is 0 Å². The minimum atomic E-state index is 0.0942. The highest BCUT2D eigenvalue weighted by atomic mass is 79.9. The molecule has 1 unspecified atom stereocenters. The lowest BCUT2D eigenvalue weighted by molar-refractivity contribution is 0.581. The van der Waals surface area contributed by atoms with Crippen molar-refractivity contribution in [1.82, 2.24) is 9.55 Å². The van der Waals surface area contributed by atoms with Gasteiger partial charge in [-0.05, 0) is 24.5 Å². The first kappa shape index (κ1) is 14.3. The zero-order chi connectivity index (χ0) is 13.7. The first-order valence-corrected chi connectivity index (χ1v) is 7.49. The molecule has 0 bridgehead atoms. The van der Waals surface area contributed by atoms with E-state index in [2.05, 4.69) is 44.5 Å². The molecule has 1 heterocycles. The summed E-state index contributed by atoms with van der Waals surface area (Å²) in [6.45, 7) is 3.18. The highest BCUT2D eigenvalue weighted by molar-refractivity contribution is 9.10. The summed E-state index contributed by atoms with van der Waals surface area (Å²) < 4.78 is 3.32. The Balaban J connectivity index is 1.99. The number of nitrogens with two attached hydrogens (primary N) is 1. The third kappa shape index (κ3) is 3.91. The summed E-state index contributed by atoms with van der Waals surface area (Å²) in [6.07, 6.45) is 6.68. The standard InChI is InChI=1S/C15H20BrN3/c1-2-8-19-9-7-18-15(19)11-13(17)10-12-5-3-4-6-14(12)16/h3-7,9,13H,2,8,10-11,17H2,1H3. The van der Waals surface area contributed by atoms with Gasteiger partial charge in [0, 0.05) is 35.9 Å². The minimum absolute atomic E-state index is 0.0942. The van der Waals surface area contributed by atoms with Crippen molar-refractivity contribution < 1.29 is 0 Å². The number of aromatic nitrogens is 2. The Morgan fingerprint density at radius 1 is 1.32 bits per heavy atom. The van der Waals surface area contributed by atoms with Crippen LogP contribution in [0.4, 0.5) is 0 Å². The number of halogens is 1. The zero-order valence-electron chi connectivity index (χ0n) is 11.2. The van der Waals surface area contributed by atoms with Crippen molar-refractivity contribution >= 4 is 15.9 Å². The molecule has 102 valence electrons. The van der Waals surface area contributed by atoms with Gasteiger partial charge in [0.25, 0.3) is 0 Å². The van der Waals surface area contributed by atoms with Crippen molar-refractivity contribution in [1.29, 1.82) is 0 Å². The van der Waals surface area contributed by atoms with Gasteiger partial charge in [-0.3, -0.25) is 0 Å². The van der Waals surface area contributed by atoms with Gasteiger partial charge in [0.2, 0.25) is 0 Å². The van der Waals surface area contributed by atoms with Crippen LogP contribution < -0.4 is 5.73 Å². The molecule has 0 saturated carbocycles. The SMILES string of the molecule is CCCn1ccnc1CC(N)Cc1ccccc1Br. The fourth-order valence-electron chi connectivity index (χ4n) is 2.23. The van der Waals surface area contributed by atoms with Crippen molar-refractivity contribution in [3.63, 3.8) is 0 Å². The molecule has 0 spiro atoms. The number of hydrogen-bond acceptors (Lipinski definition) is 2. The van der Waals surface area contributed by atoms with Gasteiger partial charge >= 0.3 is 0 Å². The maximum absolute atomic E-state index is 6.26. The van der Waals surface area contributed by atoms with Crippen LogP contribution in [0, 0.1) is 0 Å². The molecule has 1 aromatic carbocycles. The lowest BCUT2D eigenvalue weighted by atomic mass is 10.0. The second kappa shape index (κ2) is 6.87. The molecule has 19 heavy (non-hydrogen) atoms. The number of benzene rings is 1. The molecule has 2 N–H and O–H groups in total. The van der Waals surface area contributed by atoms with Crippen LogP contribution >= 0.6 is 15.9 Å². The molecule has 2 rings (SSSR count). The van der Waals surface area contributed by atoms with Gasteiger partial charge in [0.05, 0.1) is 0 Å². The predicted octanol–water partition coefficient (Wildman–Crippen LogP) is 3.17. The summed E-state index contributed by atoms with van der Waals surface area (Å²) >= 11 is 3.57. The van der Waals surface area contributed by atoms with Crippen molar-refractivity contribution in [3.05, 3.63) is 52.5 Å². The number of rotatable bonds is 6. The Morgan fingerprint density at radius 3 is 2.84 bits per heavy atom. The fourth-order valence-corrected chi connectivity index (χ4v) is 2.67. The van der Waals surface area contributed by atoms with Crippen LogP contribution in [-0.2, 0) is 19.4 Å². The van der Waals surface area contributed by atoms with Gasteiger partial charge in [-0.1, -0.05) is 41.1 Å². The summed E-state index contributed by atoms with van der Waals surface area (Å²) in [5.41, 5.74) is 7.51. The molecular formula is C15H20BrN3. The van der Waals surface area contributed by atoms with E-state index in [9.17, 15) is 0 Å². The van der Waals surface area contributed by atoms with E-state index in [0.717, 1.165) is 36.1 Å². The molecule has 3 nitrogen and oxygen atoms in total. The maximum atomic E-state index is 6.26. The largest absolute Gasteiger partial charge is 0.335 e. The van der Waals surface area contributed by atoms with E-state index in [1.165, 1.54) is 5.56 Å². The average molecular weight is 322 g/mol. The van der Waals surface area contributed by atoms with Gasteiger partial charge < -0.3 is 10.3 Å². The molecular weight excluding hydrogens is 302 g/mol. The minimum Gasteiger partial charge on any atom is -0.335 e. The smallest absolute Gasteiger partial charge is 0.110 e. The number of imidazole rings is 1. The van der Waals surface area contributed by atoms with E-state index in [0.29, 0.717) is 0 Å². The third-order valence-corrected chi connectivity index (χ3v) is 3.92. The Morgan fingerprint density at radius 2 is 2.11 bits per heavy atom. The third-order valence-electron chi connectivity index (χ3n) is 3.15. The lowest BCUT2D eigenvalue weighted by Gasteiger charge is -2.14. The van der Waals surface area contributed by atoms with E-state index in [1.54, 1.807) is 0 Å². The summed E-state index contributed by atoms with van der Waals surface area (Å²) in [6, 6.07) is 8.33. The van der Waals surface area contributed by atoms with E-state index < -0.39 is 0 Å². The zero-order valence-corrected chi connectivity index (χ0v) is 12.8. The summed E-state index contributed by atoms with van der Waals surface area (Å²) in [5, 5.41) is 0. The van der Waals surface area contributed by atoms with Crippen molar-refractivity contribution in [2.75, 3.05) is 0 Å². The second-order valence-corrected chi connectivity index (χ2v) is 5.65. The predicted molar refractivity (Wildman–Crippen MR) is 82.0 cm³/mol. The van der Waals surface area contributed by atoms with Gasteiger partial charge in [-0.15, -0.1) is 0 Å². The summed E-state index contributed by atoms with van der Waals surface area (Å²) in [7, 11) is 0. The van der Waals surface area contributed by atoms with Crippen molar-refractivity contribution in [3.8, 4) is 0 Å². The molecule has 1 aromatic heterocycles. The Bertz CT molecular complexity index is 522. The monoisotopic (exact) mass is 321 g/mol. The van der Waals surface area contributed by atoms with E-state index in [1.807, 2.05) is 24.5 Å². The molecule has 1 atom stereocenters. The number of hydrogen-bond donors (Lipinski definition) is 1. The number of aryl methyl sites for hydroxylation is 1. The quantitative estimate of drug-likeness (QED) is 0.888. The van der Waals surface area contributed by atoms with Crippen molar-refractivity contribution in [2.45, 2.75) is 38.8 Å². The molecule has 2 aromatic rings. The molecule has 0 radical (unpaired) electrons. The number of nitrogens with zero attached hydrogens (tertiary/aromatic N) is 2. The molecule has 0 amide bonds. The Kier molecular flexibility index (Phi) is 5.16. The van der Waals surface area contributed by atoms with Gasteiger partial charge in [-0.2, -0.15) is 0 Å². The molecule has 0 fully saturated rings. The second-order valence-electron chi connectivity index (χ2n) is 4.80. The normalized spacial score (nSPS) is 12.6. The molecule has 0 aliphatic carbocycles. The summed E-state index contributed by atoms with van der Waals surface area (Å²) in [4.78, 5) is 4.41. The fraction of sp³-hybridized carbons (Fsp3) is 0.400. The van der Waals surface area contributed by atoms with Crippen LogP contribution in [0.25, 0.3) is 0 Å². The first-order valence-electron chi connectivity index (χ1n) is 6.69. The van der Waals surface area contributed by atoms with E-state index in [-0.39, 0.29) is 6.04 Å². The Hall–Kier alpha value is -1.13.